The molecule has 0 atom stereocenters. The summed E-state index contributed by atoms with van der Waals surface area (Å²) < 4.78 is 21.5. The standard InChI is InChI=1S/C16H21NO5/c1-3-19-9-13(10-20-4-2)21-16(18)15-8-11-7-12(17)5-6-14(11)22-15/h5-8,13H,3-4,9-10,17H2,1-2H3. The monoisotopic (exact) mass is 307 g/mol. The quantitative estimate of drug-likeness (QED) is 0.596. The second-order valence-corrected chi connectivity index (χ2v) is 4.75. The molecule has 2 N–H and O–H groups in total. The number of rotatable bonds is 8. The van der Waals surface area contributed by atoms with E-state index >= 15 is 0 Å². The third-order valence-electron chi connectivity index (χ3n) is 3.03. The van der Waals surface area contributed by atoms with E-state index in [4.69, 9.17) is 24.4 Å². The maximum Gasteiger partial charge on any atom is 0.374 e. The summed E-state index contributed by atoms with van der Waals surface area (Å²) in [6.07, 6.45) is -0.467. The van der Waals surface area contributed by atoms with Gasteiger partial charge in [0.25, 0.3) is 0 Å². The van der Waals surface area contributed by atoms with Crippen molar-refractivity contribution in [2.24, 2.45) is 0 Å². The fraction of sp³-hybridized carbons (Fsp3) is 0.438. The van der Waals surface area contributed by atoms with E-state index < -0.39 is 12.1 Å². The van der Waals surface area contributed by atoms with Crippen LogP contribution in [0.5, 0.6) is 0 Å². The fourth-order valence-corrected chi connectivity index (χ4v) is 1.99. The lowest BCUT2D eigenvalue weighted by molar-refractivity contribution is -0.0379. The van der Waals surface area contributed by atoms with Gasteiger partial charge in [-0.1, -0.05) is 0 Å². The van der Waals surface area contributed by atoms with Crippen molar-refractivity contribution in [2.45, 2.75) is 20.0 Å². The van der Waals surface area contributed by atoms with Gasteiger partial charge in [0.15, 0.2) is 0 Å². The minimum atomic E-state index is -0.542. The SMILES string of the molecule is CCOCC(COCC)OC(=O)c1cc2cc(N)ccc2o1. The van der Waals surface area contributed by atoms with Crippen LogP contribution >= 0.6 is 0 Å². The van der Waals surface area contributed by atoms with E-state index in [-0.39, 0.29) is 19.0 Å². The van der Waals surface area contributed by atoms with Gasteiger partial charge in [-0.2, -0.15) is 0 Å². The Labute approximate surface area is 129 Å². The average molecular weight is 307 g/mol. The molecular formula is C16H21NO5. The van der Waals surface area contributed by atoms with Crippen LogP contribution in [-0.2, 0) is 14.2 Å². The summed E-state index contributed by atoms with van der Waals surface area (Å²) in [5.74, 6) is -0.405. The molecule has 2 aromatic rings. The van der Waals surface area contributed by atoms with Crippen molar-refractivity contribution < 1.29 is 23.4 Å². The first-order chi connectivity index (χ1) is 10.6. The minimum Gasteiger partial charge on any atom is -0.452 e. The zero-order valence-corrected chi connectivity index (χ0v) is 12.8. The first-order valence-corrected chi connectivity index (χ1v) is 7.29. The van der Waals surface area contributed by atoms with Gasteiger partial charge in [-0.3, -0.25) is 0 Å². The van der Waals surface area contributed by atoms with Crippen LogP contribution in [0.15, 0.2) is 28.7 Å². The van der Waals surface area contributed by atoms with E-state index in [0.29, 0.717) is 24.5 Å². The third-order valence-corrected chi connectivity index (χ3v) is 3.03. The molecule has 1 aromatic carbocycles. The first-order valence-electron chi connectivity index (χ1n) is 7.29. The smallest absolute Gasteiger partial charge is 0.374 e. The molecule has 0 aliphatic rings. The molecule has 0 saturated carbocycles. The number of ether oxygens (including phenoxy) is 3. The number of carbonyl (C=O) groups is 1. The van der Waals surface area contributed by atoms with Gasteiger partial charge in [0.1, 0.15) is 11.7 Å². The molecule has 0 bridgehead atoms. The third kappa shape index (κ3) is 4.22. The van der Waals surface area contributed by atoms with Crippen molar-refractivity contribution in [2.75, 3.05) is 32.2 Å². The van der Waals surface area contributed by atoms with Crippen LogP contribution in [0, 0.1) is 0 Å². The lowest BCUT2D eigenvalue weighted by Crippen LogP contribution is -2.28. The van der Waals surface area contributed by atoms with Crippen molar-refractivity contribution in [3.63, 3.8) is 0 Å². The maximum absolute atomic E-state index is 12.2. The number of anilines is 1. The Kier molecular flexibility index (Phi) is 5.80. The fourth-order valence-electron chi connectivity index (χ4n) is 1.99. The Morgan fingerprint density at radius 1 is 1.18 bits per heavy atom. The number of carbonyl (C=O) groups excluding carboxylic acids is 1. The van der Waals surface area contributed by atoms with Gasteiger partial charge in [-0.15, -0.1) is 0 Å². The molecule has 0 unspecified atom stereocenters. The summed E-state index contributed by atoms with van der Waals surface area (Å²) in [4.78, 5) is 12.2. The Morgan fingerprint density at radius 2 is 1.86 bits per heavy atom. The van der Waals surface area contributed by atoms with Crippen molar-refractivity contribution in [3.05, 3.63) is 30.0 Å². The zero-order chi connectivity index (χ0) is 15.9. The Morgan fingerprint density at radius 3 is 2.50 bits per heavy atom. The largest absolute Gasteiger partial charge is 0.452 e. The molecular weight excluding hydrogens is 286 g/mol. The van der Waals surface area contributed by atoms with Crippen LogP contribution in [0.4, 0.5) is 5.69 Å². The van der Waals surface area contributed by atoms with E-state index in [1.54, 1.807) is 24.3 Å². The highest BCUT2D eigenvalue weighted by Gasteiger charge is 2.20. The van der Waals surface area contributed by atoms with E-state index in [1.165, 1.54) is 0 Å². The number of esters is 1. The summed E-state index contributed by atoms with van der Waals surface area (Å²) in [5.41, 5.74) is 6.91. The Balaban J connectivity index is 2.06. The minimum absolute atomic E-state index is 0.138. The summed E-state index contributed by atoms with van der Waals surface area (Å²) in [7, 11) is 0. The van der Waals surface area contributed by atoms with E-state index in [2.05, 4.69) is 0 Å². The highest BCUT2D eigenvalue weighted by molar-refractivity contribution is 5.93. The van der Waals surface area contributed by atoms with Gasteiger partial charge in [0.05, 0.1) is 13.2 Å². The molecule has 2 rings (SSSR count). The van der Waals surface area contributed by atoms with Crippen LogP contribution in [0.1, 0.15) is 24.4 Å². The van der Waals surface area contributed by atoms with Crippen LogP contribution in [-0.4, -0.2) is 38.5 Å². The van der Waals surface area contributed by atoms with Crippen LogP contribution in [0.25, 0.3) is 11.0 Å². The predicted octanol–water partition coefficient (Wildman–Crippen LogP) is 2.61. The summed E-state index contributed by atoms with van der Waals surface area (Å²) in [6.45, 7) is 5.42. The molecule has 6 heteroatoms. The molecule has 6 nitrogen and oxygen atoms in total. The predicted molar refractivity (Wildman–Crippen MR) is 82.8 cm³/mol. The van der Waals surface area contributed by atoms with Gasteiger partial charge in [-0.05, 0) is 38.1 Å². The molecule has 1 aromatic heterocycles. The molecule has 0 aliphatic heterocycles. The summed E-state index contributed by atoms with van der Waals surface area (Å²) >= 11 is 0. The van der Waals surface area contributed by atoms with Gasteiger partial charge >= 0.3 is 5.97 Å². The number of fused-ring (bicyclic) bond motifs is 1. The van der Waals surface area contributed by atoms with E-state index in [9.17, 15) is 4.79 Å². The topological polar surface area (TPSA) is 83.9 Å². The van der Waals surface area contributed by atoms with Crippen LogP contribution in [0.3, 0.4) is 0 Å². The Bertz CT molecular complexity index is 614. The Hall–Kier alpha value is -2.05. The lowest BCUT2D eigenvalue weighted by Gasteiger charge is -2.16. The van der Waals surface area contributed by atoms with Crippen molar-refractivity contribution in [1.29, 1.82) is 0 Å². The molecule has 0 spiro atoms. The first kappa shape index (κ1) is 16.3. The molecule has 22 heavy (non-hydrogen) atoms. The number of hydrogen-bond donors (Lipinski definition) is 1. The van der Waals surface area contributed by atoms with Gasteiger partial charge in [-0.25, -0.2) is 4.79 Å². The van der Waals surface area contributed by atoms with Crippen molar-refractivity contribution >= 4 is 22.6 Å². The van der Waals surface area contributed by atoms with Gasteiger partial charge in [0.2, 0.25) is 5.76 Å². The molecule has 0 aliphatic carbocycles. The van der Waals surface area contributed by atoms with Gasteiger partial charge in [0, 0.05) is 24.3 Å². The number of nitrogens with two attached hydrogens (primary N) is 1. The highest BCUT2D eigenvalue weighted by Crippen LogP contribution is 2.22. The number of nitrogen functional groups attached to an aromatic ring is 1. The van der Waals surface area contributed by atoms with E-state index in [0.717, 1.165) is 5.39 Å². The number of benzene rings is 1. The summed E-state index contributed by atoms with van der Waals surface area (Å²) in [6, 6.07) is 6.80. The van der Waals surface area contributed by atoms with Gasteiger partial charge < -0.3 is 24.4 Å². The highest BCUT2D eigenvalue weighted by atomic mass is 16.6. The van der Waals surface area contributed by atoms with Crippen molar-refractivity contribution in [1.82, 2.24) is 0 Å². The molecule has 120 valence electrons. The second kappa shape index (κ2) is 7.82. The van der Waals surface area contributed by atoms with E-state index in [1.807, 2.05) is 13.8 Å². The average Bonchev–Trinajstić information content (AvgIpc) is 2.93. The molecule has 0 fully saturated rings. The normalized spacial score (nSPS) is 11.2. The molecule has 0 saturated heterocycles. The zero-order valence-electron chi connectivity index (χ0n) is 12.8. The maximum atomic E-state index is 12.2. The molecule has 1 heterocycles. The summed E-state index contributed by atoms with van der Waals surface area (Å²) in [5, 5.41) is 0.762. The lowest BCUT2D eigenvalue weighted by atomic mass is 10.2. The van der Waals surface area contributed by atoms with Crippen LogP contribution < -0.4 is 5.73 Å². The number of furan rings is 1. The van der Waals surface area contributed by atoms with Crippen LogP contribution in [0.2, 0.25) is 0 Å². The van der Waals surface area contributed by atoms with Crippen molar-refractivity contribution in [3.8, 4) is 0 Å². The number of hydrogen-bond acceptors (Lipinski definition) is 6. The molecule has 0 amide bonds. The molecule has 0 radical (unpaired) electrons. The second-order valence-electron chi connectivity index (χ2n) is 4.75.